The van der Waals surface area contributed by atoms with Gasteiger partial charge in [-0.1, -0.05) is 22.9 Å². The SMILES string of the molecule is CCS(=O)(=O)C1CSCCN1S(=O)(=O)CBr. The van der Waals surface area contributed by atoms with Gasteiger partial charge in [0.15, 0.2) is 9.84 Å². The fourth-order valence-corrected chi connectivity index (χ4v) is 6.98. The Morgan fingerprint density at radius 1 is 1.38 bits per heavy atom. The van der Waals surface area contributed by atoms with E-state index >= 15 is 0 Å². The van der Waals surface area contributed by atoms with Gasteiger partial charge < -0.3 is 0 Å². The lowest BCUT2D eigenvalue weighted by molar-refractivity contribution is 0.407. The number of halogens is 1. The van der Waals surface area contributed by atoms with Crippen LogP contribution >= 0.6 is 27.7 Å². The average molecular weight is 352 g/mol. The maximum Gasteiger partial charge on any atom is 0.225 e. The van der Waals surface area contributed by atoms with Gasteiger partial charge in [0.2, 0.25) is 10.0 Å². The molecule has 0 amide bonds. The Kier molecular flexibility index (Phi) is 5.12. The van der Waals surface area contributed by atoms with Crippen molar-refractivity contribution in [3.05, 3.63) is 0 Å². The molecule has 1 aliphatic rings. The third-order valence-corrected chi connectivity index (χ3v) is 8.93. The molecule has 0 spiro atoms. The van der Waals surface area contributed by atoms with Crippen molar-refractivity contribution in [2.24, 2.45) is 0 Å². The van der Waals surface area contributed by atoms with Gasteiger partial charge in [-0.05, 0) is 0 Å². The van der Waals surface area contributed by atoms with Crippen molar-refractivity contribution in [1.82, 2.24) is 4.31 Å². The molecule has 0 saturated carbocycles. The van der Waals surface area contributed by atoms with Crippen LogP contribution in [-0.4, -0.2) is 55.0 Å². The van der Waals surface area contributed by atoms with Crippen LogP contribution in [0.2, 0.25) is 0 Å². The van der Waals surface area contributed by atoms with Crippen molar-refractivity contribution < 1.29 is 16.8 Å². The van der Waals surface area contributed by atoms with E-state index in [2.05, 4.69) is 15.9 Å². The molecule has 0 bridgehead atoms. The van der Waals surface area contributed by atoms with Crippen LogP contribution in [0.4, 0.5) is 0 Å². The Morgan fingerprint density at radius 3 is 2.50 bits per heavy atom. The fraction of sp³-hybridized carbons (Fsp3) is 1.00. The van der Waals surface area contributed by atoms with E-state index in [0.29, 0.717) is 11.5 Å². The summed E-state index contributed by atoms with van der Waals surface area (Å²) in [4.78, 5) is 0. The maximum atomic E-state index is 11.8. The van der Waals surface area contributed by atoms with E-state index in [1.54, 1.807) is 0 Å². The molecular weight excluding hydrogens is 338 g/mol. The molecule has 0 aromatic rings. The Balaban J connectivity index is 3.07. The van der Waals surface area contributed by atoms with Crippen molar-refractivity contribution in [2.75, 3.05) is 28.5 Å². The summed E-state index contributed by atoms with van der Waals surface area (Å²) in [6.45, 7) is 1.80. The van der Waals surface area contributed by atoms with E-state index in [4.69, 9.17) is 0 Å². The maximum absolute atomic E-state index is 11.8. The number of nitrogens with zero attached hydrogens (tertiary/aromatic N) is 1. The quantitative estimate of drug-likeness (QED) is 0.688. The first kappa shape index (κ1) is 14.7. The highest BCUT2D eigenvalue weighted by molar-refractivity contribution is 9.10. The molecule has 1 heterocycles. The van der Waals surface area contributed by atoms with Crippen LogP contribution < -0.4 is 0 Å². The summed E-state index contributed by atoms with van der Waals surface area (Å²) in [6, 6.07) is 0. The normalized spacial score (nSPS) is 24.5. The molecule has 0 aromatic heterocycles. The first-order chi connectivity index (χ1) is 7.35. The molecular formula is C7H14BrNO4S3. The standard InChI is InChI=1S/C7H14BrNO4S3/c1-2-15(10,11)7-5-14-4-3-9(7)16(12,13)6-8/h7H,2-6H2,1H3. The van der Waals surface area contributed by atoms with Crippen LogP contribution in [0.15, 0.2) is 0 Å². The first-order valence-corrected chi connectivity index (χ1v) is 10.3. The molecule has 1 aliphatic heterocycles. The van der Waals surface area contributed by atoms with Crippen molar-refractivity contribution in [3.8, 4) is 0 Å². The minimum atomic E-state index is -3.51. The number of alkyl halides is 1. The Morgan fingerprint density at radius 2 is 2.00 bits per heavy atom. The van der Waals surface area contributed by atoms with Crippen LogP contribution in [0, 0.1) is 0 Å². The third kappa shape index (κ3) is 3.12. The summed E-state index contributed by atoms with van der Waals surface area (Å²) in [5.41, 5.74) is 0. The summed E-state index contributed by atoms with van der Waals surface area (Å²) < 4.78 is 47.9. The molecule has 9 heteroatoms. The molecule has 1 fully saturated rings. The second kappa shape index (κ2) is 5.55. The van der Waals surface area contributed by atoms with Crippen LogP contribution in [0.5, 0.6) is 0 Å². The van der Waals surface area contributed by atoms with Gasteiger partial charge in [-0.3, -0.25) is 0 Å². The number of thioether (sulfide) groups is 1. The average Bonchev–Trinajstić information content (AvgIpc) is 2.29. The molecule has 0 aliphatic carbocycles. The Labute approximate surface area is 109 Å². The van der Waals surface area contributed by atoms with Crippen LogP contribution in [-0.2, 0) is 19.9 Å². The van der Waals surface area contributed by atoms with Crippen LogP contribution in [0.1, 0.15) is 6.92 Å². The number of hydrogen-bond acceptors (Lipinski definition) is 5. The van der Waals surface area contributed by atoms with Gasteiger partial charge in [0.05, 0.1) is 0 Å². The fourth-order valence-electron chi connectivity index (χ4n) is 1.42. The lowest BCUT2D eigenvalue weighted by Crippen LogP contribution is -2.50. The Hall–Kier alpha value is 0.690. The highest BCUT2D eigenvalue weighted by Crippen LogP contribution is 2.24. The lowest BCUT2D eigenvalue weighted by atomic mass is 10.6. The van der Waals surface area contributed by atoms with Crippen molar-refractivity contribution in [2.45, 2.75) is 12.3 Å². The molecule has 0 N–H and O–H groups in total. The Bertz CT molecular complexity index is 391. The smallest absolute Gasteiger partial charge is 0.225 e. The van der Waals surface area contributed by atoms with Crippen LogP contribution in [0.25, 0.3) is 0 Å². The van der Waals surface area contributed by atoms with Gasteiger partial charge in [-0.25, -0.2) is 16.8 Å². The topological polar surface area (TPSA) is 71.5 Å². The molecule has 16 heavy (non-hydrogen) atoms. The highest BCUT2D eigenvalue weighted by Gasteiger charge is 2.39. The van der Waals surface area contributed by atoms with E-state index < -0.39 is 25.2 Å². The van der Waals surface area contributed by atoms with Crippen LogP contribution in [0.3, 0.4) is 0 Å². The molecule has 1 atom stereocenters. The molecule has 0 aromatic carbocycles. The summed E-state index contributed by atoms with van der Waals surface area (Å²) in [7, 11) is -6.86. The summed E-state index contributed by atoms with van der Waals surface area (Å²) >= 11 is 4.37. The number of hydrogen-bond donors (Lipinski definition) is 0. The molecule has 5 nitrogen and oxygen atoms in total. The third-order valence-electron chi connectivity index (χ3n) is 2.35. The summed E-state index contributed by atoms with van der Waals surface area (Å²) in [5, 5.41) is -0.904. The second-order valence-corrected chi connectivity index (χ2v) is 10.1. The van der Waals surface area contributed by atoms with Gasteiger partial charge in [0.1, 0.15) is 10.0 Å². The monoisotopic (exact) mass is 351 g/mol. The van der Waals surface area contributed by atoms with E-state index in [-0.39, 0.29) is 17.0 Å². The van der Waals surface area contributed by atoms with Gasteiger partial charge in [-0.15, -0.1) is 0 Å². The van der Waals surface area contributed by atoms with Crippen molar-refractivity contribution in [3.63, 3.8) is 0 Å². The zero-order valence-corrected chi connectivity index (χ0v) is 12.8. The minimum Gasteiger partial charge on any atom is -0.227 e. The van der Waals surface area contributed by atoms with Gasteiger partial charge in [-0.2, -0.15) is 16.1 Å². The second-order valence-electron chi connectivity index (χ2n) is 3.31. The van der Waals surface area contributed by atoms with Crippen molar-refractivity contribution >= 4 is 47.6 Å². The highest BCUT2D eigenvalue weighted by atomic mass is 79.9. The van der Waals surface area contributed by atoms with Gasteiger partial charge >= 0.3 is 0 Å². The number of rotatable bonds is 4. The number of sulfonamides is 1. The van der Waals surface area contributed by atoms with Crippen molar-refractivity contribution in [1.29, 1.82) is 0 Å². The summed E-state index contributed by atoms with van der Waals surface area (Å²) in [5.74, 6) is 0.927. The zero-order chi connectivity index (χ0) is 12.4. The molecule has 0 radical (unpaired) electrons. The van der Waals surface area contributed by atoms with Gasteiger partial charge in [0.25, 0.3) is 0 Å². The zero-order valence-electron chi connectivity index (χ0n) is 8.80. The van der Waals surface area contributed by atoms with E-state index in [1.165, 1.54) is 18.7 Å². The molecule has 96 valence electrons. The van der Waals surface area contributed by atoms with E-state index in [0.717, 1.165) is 4.31 Å². The minimum absolute atomic E-state index is 0.0352. The molecule has 1 saturated heterocycles. The number of sulfone groups is 1. The predicted octanol–water partition coefficient (Wildman–Crippen LogP) is 0.478. The van der Waals surface area contributed by atoms with Gasteiger partial charge in [0, 0.05) is 23.8 Å². The predicted molar refractivity (Wildman–Crippen MR) is 70.0 cm³/mol. The first-order valence-electron chi connectivity index (χ1n) is 4.70. The lowest BCUT2D eigenvalue weighted by Gasteiger charge is -2.33. The van der Waals surface area contributed by atoms with E-state index in [9.17, 15) is 16.8 Å². The largest absolute Gasteiger partial charge is 0.227 e. The summed E-state index contributed by atoms with van der Waals surface area (Å²) in [6.07, 6.45) is 0. The van der Waals surface area contributed by atoms with E-state index in [1.807, 2.05) is 0 Å². The molecule has 1 unspecified atom stereocenters. The molecule has 1 rings (SSSR count).